The first-order valence-corrected chi connectivity index (χ1v) is 8.30. The van der Waals surface area contributed by atoms with E-state index < -0.39 is 21.6 Å². The van der Waals surface area contributed by atoms with E-state index in [1.807, 2.05) is 6.92 Å². The summed E-state index contributed by atoms with van der Waals surface area (Å²) in [6.45, 7) is 2.76. The summed E-state index contributed by atoms with van der Waals surface area (Å²) in [6, 6.07) is 6.31. The van der Waals surface area contributed by atoms with Crippen molar-refractivity contribution in [2.45, 2.75) is 29.7 Å². The first-order valence-electron chi connectivity index (χ1n) is 6.81. The van der Waals surface area contributed by atoms with Gasteiger partial charge in [0.1, 0.15) is 10.7 Å². The maximum Gasteiger partial charge on any atom is 0.373 e. The van der Waals surface area contributed by atoms with E-state index in [-0.39, 0.29) is 16.3 Å². The van der Waals surface area contributed by atoms with E-state index in [1.54, 1.807) is 12.1 Å². The Morgan fingerprint density at radius 1 is 1.27 bits per heavy atom. The van der Waals surface area contributed by atoms with E-state index in [4.69, 9.17) is 4.42 Å². The fourth-order valence-electron chi connectivity index (χ4n) is 2.55. The van der Waals surface area contributed by atoms with E-state index in [9.17, 15) is 18.3 Å². The Morgan fingerprint density at radius 2 is 1.95 bits per heavy atom. The van der Waals surface area contributed by atoms with Crippen LogP contribution in [0.25, 0.3) is 0 Å². The Labute approximate surface area is 127 Å². The summed E-state index contributed by atoms with van der Waals surface area (Å²) in [4.78, 5) is 11.2. The number of fused-ring (bicyclic) bond motifs is 1. The molecule has 1 aromatic heterocycles. The van der Waals surface area contributed by atoms with Crippen LogP contribution in [-0.4, -0.2) is 26.0 Å². The molecule has 3 rings (SSSR count). The molecule has 0 amide bonds. The zero-order valence-electron chi connectivity index (χ0n) is 11.9. The number of benzene rings is 1. The number of aromatic carboxylic acids is 1. The lowest BCUT2D eigenvalue weighted by Crippen LogP contribution is -2.24. The molecule has 2 aromatic rings. The number of carbonyl (C=O) groups is 1. The van der Waals surface area contributed by atoms with Gasteiger partial charge in [-0.3, -0.25) is 0 Å². The van der Waals surface area contributed by atoms with Crippen LogP contribution >= 0.6 is 0 Å². The highest BCUT2D eigenvalue weighted by Gasteiger charge is 2.35. The highest BCUT2D eigenvalue weighted by Crippen LogP contribution is 2.33. The Balaban J connectivity index is 2.24. The summed E-state index contributed by atoms with van der Waals surface area (Å²) in [5, 5.41) is 12.3. The number of nitrogens with one attached hydrogen (secondary N) is 1. The minimum atomic E-state index is -3.94. The van der Waals surface area contributed by atoms with Crippen molar-refractivity contribution in [3.8, 4) is 0 Å². The molecule has 116 valence electrons. The third-order valence-electron chi connectivity index (χ3n) is 3.67. The van der Waals surface area contributed by atoms with Crippen LogP contribution in [0.4, 0.5) is 0 Å². The molecule has 1 aliphatic heterocycles. The SMILES string of the molecule is Cc1ccc(S(=O)(=O)c2c(C(=O)O)oc3c2CNCC3)cc1. The zero-order chi connectivity index (χ0) is 15.9. The third-order valence-corrected chi connectivity index (χ3v) is 5.53. The molecule has 0 atom stereocenters. The smallest absolute Gasteiger partial charge is 0.373 e. The molecule has 1 aliphatic rings. The lowest BCUT2D eigenvalue weighted by Gasteiger charge is -2.13. The van der Waals surface area contributed by atoms with Crippen molar-refractivity contribution in [3.63, 3.8) is 0 Å². The molecule has 7 heteroatoms. The van der Waals surface area contributed by atoms with Gasteiger partial charge >= 0.3 is 5.97 Å². The first-order chi connectivity index (χ1) is 10.4. The summed E-state index contributed by atoms with van der Waals surface area (Å²) in [5.41, 5.74) is 1.34. The lowest BCUT2D eigenvalue weighted by molar-refractivity contribution is 0.0654. The highest BCUT2D eigenvalue weighted by atomic mass is 32.2. The Hall–Kier alpha value is -2.12. The number of carboxylic acids is 1. The molecule has 0 saturated carbocycles. The molecule has 0 fully saturated rings. The molecule has 2 heterocycles. The molecule has 2 N–H and O–H groups in total. The largest absolute Gasteiger partial charge is 0.475 e. The van der Waals surface area contributed by atoms with Gasteiger partial charge in [-0.05, 0) is 19.1 Å². The molecular weight excluding hydrogens is 306 g/mol. The van der Waals surface area contributed by atoms with Crippen molar-refractivity contribution < 1.29 is 22.7 Å². The average molecular weight is 321 g/mol. The normalized spacial score (nSPS) is 14.6. The van der Waals surface area contributed by atoms with Crippen molar-refractivity contribution in [2.24, 2.45) is 0 Å². The third kappa shape index (κ3) is 2.32. The lowest BCUT2D eigenvalue weighted by atomic mass is 10.1. The van der Waals surface area contributed by atoms with Crippen LogP contribution in [0.1, 0.15) is 27.4 Å². The average Bonchev–Trinajstić information content (AvgIpc) is 2.88. The second kappa shape index (κ2) is 5.26. The van der Waals surface area contributed by atoms with Gasteiger partial charge in [-0.15, -0.1) is 0 Å². The number of sulfone groups is 1. The Morgan fingerprint density at radius 3 is 2.59 bits per heavy atom. The number of hydrogen-bond acceptors (Lipinski definition) is 5. The Kier molecular flexibility index (Phi) is 3.54. The van der Waals surface area contributed by atoms with Gasteiger partial charge in [0.15, 0.2) is 0 Å². The topological polar surface area (TPSA) is 96.6 Å². The van der Waals surface area contributed by atoms with E-state index in [2.05, 4.69) is 5.32 Å². The van der Waals surface area contributed by atoms with Gasteiger partial charge in [-0.1, -0.05) is 17.7 Å². The fourth-order valence-corrected chi connectivity index (χ4v) is 4.16. The van der Waals surface area contributed by atoms with Gasteiger partial charge < -0.3 is 14.8 Å². The minimum absolute atomic E-state index is 0.0646. The molecule has 0 spiro atoms. The molecule has 0 radical (unpaired) electrons. The number of hydrogen-bond donors (Lipinski definition) is 2. The van der Waals surface area contributed by atoms with Crippen molar-refractivity contribution >= 4 is 15.8 Å². The number of rotatable bonds is 3. The van der Waals surface area contributed by atoms with Crippen molar-refractivity contribution in [1.82, 2.24) is 5.32 Å². The maximum absolute atomic E-state index is 12.9. The van der Waals surface area contributed by atoms with Crippen molar-refractivity contribution in [3.05, 3.63) is 46.9 Å². The first kappa shape index (κ1) is 14.8. The van der Waals surface area contributed by atoms with E-state index in [0.29, 0.717) is 24.3 Å². The van der Waals surface area contributed by atoms with E-state index >= 15 is 0 Å². The summed E-state index contributed by atoms with van der Waals surface area (Å²) in [6.07, 6.45) is 0.471. The van der Waals surface area contributed by atoms with E-state index in [0.717, 1.165) is 5.56 Å². The second-order valence-electron chi connectivity index (χ2n) is 5.21. The van der Waals surface area contributed by atoms with Crippen LogP contribution in [0.15, 0.2) is 38.5 Å². The van der Waals surface area contributed by atoms with Crippen molar-refractivity contribution in [2.75, 3.05) is 6.54 Å². The van der Waals surface area contributed by atoms with Crippen LogP contribution < -0.4 is 5.32 Å². The molecule has 0 aliphatic carbocycles. The number of carboxylic acid groups (broad SMARTS) is 1. The number of aryl methyl sites for hydroxylation is 1. The van der Waals surface area contributed by atoms with Crippen molar-refractivity contribution in [1.29, 1.82) is 0 Å². The maximum atomic E-state index is 12.9. The fraction of sp³-hybridized carbons (Fsp3) is 0.267. The molecule has 1 aromatic carbocycles. The molecule has 6 nitrogen and oxygen atoms in total. The molecule has 0 bridgehead atoms. The quantitative estimate of drug-likeness (QED) is 0.894. The molecule has 22 heavy (non-hydrogen) atoms. The monoisotopic (exact) mass is 321 g/mol. The summed E-state index contributed by atoms with van der Waals surface area (Å²) in [7, 11) is -3.94. The van der Waals surface area contributed by atoms with E-state index in [1.165, 1.54) is 12.1 Å². The Bertz CT molecular complexity index is 834. The molecule has 0 saturated heterocycles. The van der Waals surface area contributed by atoms with Gasteiger partial charge in [0.05, 0.1) is 4.90 Å². The van der Waals surface area contributed by atoms with Gasteiger partial charge in [-0.25, -0.2) is 13.2 Å². The second-order valence-corrected chi connectivity index (χ2v) is 7.10. The number of furan rings is 1. The molecule has 0 unspecified atom stereocenters. The standard InChI is InChI=1S/C15H15NO5S/c1-9-2-4-10(5-3-9)22(19,20)14-11-8-16-7-6-12(11)21-13(14)15(17)18/h2-5,16H,6-8H2,1H3,(H,17,18). The van der Waals surface area contributed by atoms with Crippen LogP contribution in [0, 0.1) is 6.92 Å². The minimum Gasteiger partial charge on any atom is -0.475 e. The van der Waals surface area contributed by atoms with Gasteiger partial charge in [0, 0.05) is 25.1 Å². The highest BCUT2D eigenvalue weighted by molar-refractivity contribution is 7.91. The van der Waals surface area contributed by atoms with Gasteiger partial charge in [0.2, 0.25) is 15.6 Å². The predicted octanol–water partition coefficient (Wildman–Crippen LogP) is 1.76. The van der Waals surface area contributed by atoms with Crippen LogP contribution in [0.2, 0.25) is 0 Å². The van der Waals surface area contributed by atoms with Gasteiger partial charge in [0.25, 0.3) is 0 Å². The van der Waals surface area contributed by atoms with Crippen LogP contribution in [0.5, 0.6) is 0 Å². The summed E-state index contributed by atoms with van der Waals surface area (Å²) in [5.74, 6) is -1.45. The zero-order valence-corrected chi connectivity index (χ0v) is 12.7. The van der Waals surface area contributed by atoms with Crippen LogP contribution in [0.3, 0.4) is 0 Å². The van der Waals surface area contributed by atoms with Gasteiger partial charge in [-0.2, -0.15) is 0 Å². The summed E-state index contributed by atoms with van der Waals surface area (Å²) < 4.78 is 31.0. The summed E-state index contributed by atoms with van der Waals surface area (Å²) >= 11 is 0. The predicted molar refractivity (Wildman–Crippen MR) is 77.7 cm³/mol. The van der Waals surface area contributed by atoms with Crippen LogP contribution in [-0.2, 0) is 22.8 Å². The molecular formula is C15H15NO5S.